The number of carbonyl (C=O) groups excluding carboxylic acids is 1. The second kappa shape index (κ2) is 7.28. The van der Waals surface area contributed by atoms with Crippen molar-refractivity contribution in [3.63, 3.8) is 0 Å². The van der Waals surface area contributed by atoms with Crippen molar-refractivity contribution in [2.24, 2.45) is 5.92 Å². The van der Waals surface area contributed by atoms with Crippen LogP contribution in [0.15, 0.2) is 12.4 Å². The maximum Gasteiger partial charge on any atom is 0.224 e. The number of H-pyrrole nitrogens is 1. The van der Waals surface area contributed by atoms with E-state index in [1.54, 1.807) is 6.20 Å². The molecule has 1 aliphatic heterocycles. The number of amides is 1. The van der Waals surface area contributed by atoms with Crippen molar-refractivity contribution in [3.8, 4) is 0 Å². The van der Waals surface area contributed by atoms with Crippen molar-refractivity contribution in [1.29, 1.82) is 0 Å². The molecule has 0 aromatic carbocycles. The Morgan fingerprint density at radius 1 is 1.53 bits per heavy atom. The molecule has 0 aliphatic carbocycles. The summed E-state index contributed by atoms with van der Waals surface area (Å²) in [7, 11) is 0. The number of nitrogens with one attached hydrogen (secondary N) is 1. The summed E-state index contributed by atoms with van der Waals surface area (Å²) in [5.74, 6) is 1.92. The molecule has 2 rings (SSSR count). The van der Waals surface area contributed by atoms with Crippen molar-refractivity contribution in [1.82, 2.24) is 14.9 Å². The van der Waals surface area contributed by atoms with Gasteiger partial charge in [-0.3, -0.25) is 4.79 Å². The molecule has 1 N–H and O–H groups in total. The van der Waals surface area contributed by atoms with E-state index in [1.165, 1.54) is 0 Å². The predicted molar refractivity (Wildman–Crippen MR) is 72.7 cm³/mol. The number of piperidine rings is 1. The van der Waals surface area contributed by atoms with E-state index >= 15 is 0 Å². The van der Waals surface area contributed by atoms with Crippen LogP contribution in [-0.4, -0.2) is 47.1 Å². The molecule has 0 unspecified atom stereocenters. The second-order valence-electron chi connectivity index (χ2n) is 5.01. The van der Waals surface area contributed by atoms with Crippen LogP contribution in [0.1, 0.15) is 32.0 Å². The lowest BCUT2D eigenvalue weighted by Gasteiger charge is -2.31. The number of aromatic amines is 1. The molecule has 5 nitrogen and oxygen atoms in total. The molecule has 5 heteroatoms. The summed E-state index contributed by atoms with van der Waals surface area (Å²) < 4.78 is 5.23. The standard InChI is InChI=1S/C14H23N3O2/c1-2-19-10-5-14(18)17-8-3-12(4-9-17)11-13-15-6-7-16-13/h6-7,12H,2-5,8-11H2,1H3,(H,15,16). The minimum atomic E-state index is 0.227. The van der Waals surface area contributed by atoms with E-state index in [2.05, 4.69) is 9.97 Å². The van der Waals surface area contributed by atoms with Crippen molar-refractivity contribution >= 4 is 5.91 Å². The van der Waals surface area contributed by atoms with Crippen molar-refractivity contribution in [2.75, 3.05) is 26.3 Å². The minimum absolute atomic E-state index is 0.227. The van der Waals surface area contributed by atoms with Gasteiger partial charge in [-0.25, -0.2) is 4.98 Å². The van der Waals surface area contributed by atoms with Gasteiger partial charge in [-0.05, 0) is 25.7 Å². The van der Waals surface area contributed by atoms with Crippen LogP contribution in [0.2, 0.25) is 0 Å². The Labute approximate surface area is 114 Å². The normalized spacial score (nSPS) is 16.8. The zero-order valence-corrected chi connectivity index (χ0v) is 11.6. The van der Waals surface area contributed by atoms with Gasteiger partial charge in [0, 0.05) is 38.5 Å². The molecule has 1 fully saturated rings. The smallest absolute Gasteiger partial charge is 0.224 e. The highest BCUT2D eigenvalue weighted by molar-refractivity contribution is 5.76. The Kier molecular flexibility index (Phi) is 5.39. The van der Waals surface area contributed by atoms with Gasteiger partial charge in [0.1, 0.15) is 5.82 Å². The first-order valence-corrected chi connectivity index (χ1v) is 7.13. The number of imidazole rings is 1. The molecule has 0 saturated carbocycles. The molecular formula is C14H23N3O2. The molecule has 106 valence electrons. The topological polar surface area (TPSA) is 58.2 Å². The highest BCUT2D eigenvalue weighted by Crippen LogP contribution is 2.20. The maximum atomic E-state index is 11.9. The van der Waals surface area contributed by atoms with Gasteiger partial charge in [-0.1, -0.05) is 0 Å². The lowest BCUT2D eigenvalue weighted by Crippen LogP contribution is -2.39. The van der Waals surface area contributed by atoms with E-state index in [9.17, 15) is 4.79 Å². The SMILES string of the molecule is CCOCCC(=O)N1CCC(Cc2ncc[nH]2)CC1. The summed E-state index contributed by atoms with van der Waals surface area (Å²) >= 11 is 0. The van der Waals surface area contributed by atoms with Crippen LogP contribution in [0.25, 0.3) is 0 Å². The van der Waals surface area contributed by atoms with Crippen molar-refractivity contribution in [3.05, 3.63) is 18.2 Å². The highest BCUT2D eigenvalue weighted by Gasteiger charge is 2.23. The zero-order chi connectivity index (χ0) is 13.5. The fourth-order valence-electron chi connectivity index (χ4n) is 2.53. The van der Waals surface area contributed by atoms with E-state index in [4.69, 9.17) is 4.74 Å². The third-order valence-corrected chi connectivity index (χ3v) is 3.67. The van der Waals surface area contributed by atoms with E-state index in [0.29, 0.717) is 25.6 Å². The minimum Gasteiger partial charge on any atom is -0.381 e. The molecule has 0 bridgehead atoms. The number of carbonyl (C=O) groups is 1. The van der Waals surface area contributed by atoms with Crippen LogP contribution in [0, 0.1) is 5.92 Å². The zero-order valence-electron chi connectivity index (χ0n) is 11.6. The van der Waals surface area contributed by atoms with Gasteiger partial charge in [0.25, 0.3) is 0 Å². The molecule has 1 aliphatic rings. The monoisotopic (exact) mass is 265 g/mol. The van der Waals surface area contributed by atoms with Crippen LogP contribution >= 0.6 is 0 Å². The number of ether oxygens (including phenoxy) is 1. The van der Waals surface area contributed by atoms with Crippen molar-refractivity contribution in [2.45, 2.75) is 32.6 Å². The van der Waals surface area contributed by atoms with Crippen LogP contribution in [0.3, 0.4) is 0 Å². The Morgan fingerprint density at radius 3 is 2.95 bits per heavy atom. The first-order valence-electron chi connectivity index (χ1n) is 7.13. The molecule has 2 heterocycles. The number of rotatable bonds is 6. The summed E-state index contributed by atoms with van der Waals surface area (Å²) in [6.07, 6.45) is 7.30. The van der Waals surface area contributed by atoms with Crippen LogP contribution in [0.5, 0.6) is 0 Å². The summed E-state index contributed by atoms with van der Waals surface area (Å²) in [4.78, 5) is 21.3. The molecule has 1 amide bonds. The van der Waals surface area contributed by atoms with Gasteiger partial charge in [0.15, 0.2) is 0 Å². The van der Waals surface area contributed by atoms with Crippen LogP contribution in [-0.2, 0) is 16.0 Å². The molecule has 1 aromatic heterocycles. The Hall–Kier alpha value is -1.36. The quantitative estimate of drug-likeness (QED) is 0.795. The number of likely N-dealkylation sites (tertiary alicyclic amines) is 1. The predicted octanol–water partition coefficient (Wildman–Crippen LogP) is 1.62. The molecule has 0 atom stereocenters. The molecule has 1 saturated heterocycles. The average Bonchev–Trinajstić information content (AvgIpc) is 2.93. The molecular weight excluding hydrogens is 242 g/mol. The van der Waals surface area contributed by atoms with Gasteiger partial charge in [0.05, 0.1) is 13.0 Å². The third kappa shape index (κ3) is 4.35. The summed E-state index contributed by atoms with van der Waals surface area (Å²) in [5, 5.41) is 0. The van der Waals surface area contributed by atoms with E-state index in [0.717, 1.165) is 38.2 Å². The Bertz CT molecular complexity index is 370. The molecule has 0 radical (unpaired) electrons. The highest BCUT2D eigenvalue weighted by atomic mass is 16.5. The lowest BCUT2D eigenvalue weighted by atomic mass is 9.93. The fraction of sp³-hybridized carbons (Fsp3) is 0.714. The third-order valence-electron chi connectivity index (χ3n) is 3.67. The largest absolute Gasteiger partial charge is 0.381 e. The van der Waals surface area contributed by atoms with Gasteiger partial charge in [-0.2, -0.15) is 0 Å². The van der Waals surface area contributed by atoms with Gasteiger partial charge < -0.3 is 14.6 Å². The molecule has 19 heavy (non-hydrogen) atoms. The lowest BCUT2D eigenvalue weighted by molar-refractivity contribution is -0.133. The fourth-order valence-corrected chi connectivity index (χ4v) is 2.53. The van der Waals surface area contributed by atoms with Crippen LogP contribution < -0.4 is 0 Å². The summed E-state index contributed by atoms with van der Waals surface area (Å²) in [6, 6.07) is 0. The first-order chi connectivity index (χ1) is 9.29. The number of nitrogens with zero attached hydrogens (tertiary/aromatic N) is 2. The second-order valence-corrected chi connectivity index (χ2v) is 5.01. The molecule has 0 spiro atoms. The summed E-state index contributed by atoms with van der Waals surface area (Å²) in [6.45, 7) is 4.91. The molecule has 1 aromatic rings. The average molecular weight is 265 g/mol. The Balaban J connectivity index is 1.68. The van der Waals surface area contributed by atoms with Gasteiger partial charge in [0.2, 0.25) is 5.91 Å². The number of aromatic nitrogens is 2. The van der Waals surface area contributed by atoms with Crippen molar-refractivity contribution < 1.29 is 9.53 Å². The van der Waals surface area contributed by atoms with Crippen LogP contribution in [0.4, 0.5) is 0 Å². The van der Waals surface area contributed by atoms with Gasteiger partial charge >= 0.3 is 0 Å². The van der Waals surface area contributed by atoms with Gasteiger partial charge in [-0.15, -0.1) is 0 Å². The van der Waals surface area contributed by atoms with E-state index in [1.807, 2.05) is 18.0 Å². The first kappa shape index (κ1) is 14.1. The van der Waals surface area contributed by atoms with E-state index in [-0.39, 0.29) is 5.91 Å². The maximum absolute atomic E-state index is 11.9. The Morgan fingerprint density at radius 2 is 2.32 bits per heavy atom. The number of hydrogen-bond donors (Lipinski definition) is 1. The number of hydrogen-bond acceptors (Lipinski definition) is 3. The van der Waals surface area contributed by atoms with E-state index < -0.39 is 0 Å². The summed E-state index contributed by atoms with van der Waals surface area (Å²) in [5.41, 5.74) is 0.